The minimum absolute atomic E-state index is 0.0297. The van der Waals surface area contributed by atoms with E-state index in [2.05, 4.69) is 0 Å². The predicted molar refractivity (Wildman–Crippen MR) is 88.2 cm³/mol. The number of amides is 2. The molecule has 24 heavy (non-hydrogen) atoms. The van der Waals surface area contributed by atoms with Gasteiger partial charge in [-0.2, -0.15) is 0 Å². The van der Waals surface area contributed by atoms with E-state index >= 15 is 0 Å². The SMILES string of the molecule is CC1COCC(C)N1C(=O)c1cccc(N2C(=O)CCS2(=O)=O)c1. The zero-order valence-corrected chi connectivity index (χ0v) is 14.5. The molecule has 2 unspecified atom stereocenters. The van der Waals surface area contributed by atoms with E-state index in [1.54, 1.807) is 17.0 Å². The van der Waals surface area contributed by atoms with Crippen molar-refractivity contribution in [1.82, 2.24) is 4.90 Å². The van der Waals surface area contributed by atoms with Gasteiger partial charge in [-0.25, -0.2) is 12.7 Å². The van der Waals surface area contributed by atoms with Gasteiger partial charge in [0.05, 0.1) is 36.7 Å². The molecule has 0 spiro atoms. The summed E-state index contributed by atoms with van der Waals surface area (Å²) in [5.41, 5.74) is 0.583. The second-order valence-electron chi connectivity index (χ2n) is 6.22. The van der Waals surface area contributed by atoms with E-state index in [1.807, 2.05) is 13.8 Å². The maximum absolute atomic E-state index is 12.8. The van der Waals surface area contributed by atoms with E-state index in [-0.39, 0.29) is 35.9 Å². The average Bonchev–Trinajstić information content (AvgIpc) is 2.80. The molecule has 3 rings (SSSR count). The Balaban J connectivity index is 1.93. The molecule has 0 saturated carbocycles. The highest BCUT2D eigenvalue weighted by Crippen LogP contribution is 2.27. The molecule has 0 radical (unpaired) electrons. The van der Waals surface area contributed by atoms with Crippen LogP contribution in [0.15, 0.2) is 24.3 Å². The molecule has 0 aliphatic carbocycles. The van der Waals surface area contributed by atoms with Gasteiger partial charge in [-0.15, -0.1) is 0 Å². The first kappa shape index (κ1) is 16.9. The van der Waals surface area contributed by atoms with Crippen LogP contribution in [0.4, 0.5) is 5.69 Å². The minimum Gasteiger partial charge on any atom is -0.377 e. The lowest BCUT2D eigenvalue weighted by Crippen LogP contribution is -2.52. The highest BCUT2D eigenvalue weighted by atomic mass is 32.2. The summed E-state index contributed by atoms with van der Waals surface area (Å²) in [6.07, 6.45) is -0.0297. The summed E-state index contributed by atoms with van der Waals surface area (Å²) in [7, 11) is -3.64. The molecule has 130 valence electrons. The summed E-state index contributed by atoms with van der Waals surface area (Å²) in [5.74, 6) is -0.849. The molecule has 2 aliphatic heterocycles. The maximum atomic E-state index is 12.8. The number of carbonyl (C=O) groups excluding carboxylic acids is 2. The highest BCUT2D eigenvalue weighted by molar-refractivity contribution is 7.94. The molecule has 7 nitrogen and oxygen atoms in total. The smallest absolute Gasteiger partial charge is 0.254 e. The van der Waals surface area contributed by atoms with E-state index in [9.17, 15) is 18.0 Å². The van der Waals surface area contributed by atoms with Crippen LogP contribution >= 0.6 is 0 Å². The van der Waals surface area contributed by atoms with Crippen LogP contribution < -0.4 is 4.31 Å². The summed E-state index contributed by atoms with van der Waals surface area (Å²) in [5, 5.41) is 0. The van der Waals surface area contributed by atoms with Gasteiger partial charge < -0.3 is 9.64 Å². The average molecular weight is 352 g/mol. The van der Waals surface area contributed by atoms with Crippen LogP contribution in [0.1, 0.15) is 30.6 Å². The number of morpholine rings is 1. The first-order valence-corrected chi connectivity index (χ1v) is 9.48. The van der Waals surface area contributed by atoms with Gasteiger partial charge in [0.15, 0.2) is 0 Å². The van der Waals surface area contributed by atoms with Crippen molar-refractivity contribution in [1.29, 1.82) is 0 Å². The lowest BCUT2D eigenvalue weighted by Gasteiger charge is -2.38. The minimum atomic E-state index is -3.64. The maximum Gasteiger partial charge on any atom is 0.254 e. The number of hydrogen-bond acceptors (Lipinski definition) is 5. The van der Waals surface area contributed by atoms with Crippen LogP contribution in [0.3, 0.4) is 0 Å². The summed E-state index contributed by atoms with van der Waals surface area (Å²) in [4.78, 5) is 26.5. The van der Waals surface area contributed by atoms with Gasteiger partial charge in [-0.05, 0) is 32.0 Å². The normalized spacial score (nSPS) is 26.7. The molecule has 1 aromatic carbocycles. The second-order valence-corrected chi connectivity index (χ2v) is 8.16. The van der Waals surface area contributed by atoms with Crippen molar-refractivity contribution < 1.29 is 22.7 Å². The third-order valence-corrected chi connectivity index (χ3v) is 6.00. The van der Waals surface area contributed by atoms with Gasteiger partial charge in [-0.1, -0.05) is 6.07 Å². The van der Waals surface area contributed by atoms with Crippen LogP contribution in [0.25, 0.3) is 0 Å². The molecule has 8 heteroatoms. The van der Waals surface area contributed by atoms with Gasteiger partial charge in [0.2, 0.25) is 15.9 Å². The van der Waals surface area contributed by atoms with Crippen LogP contribution in [0.5, 0.6) is 0 Å². The first-order valence-electron chi connectivity index (χ1n) is 7.87. The Hall–Kier alpha value is -1.93. The fourth-order valence-electron chi connectivity index (χ4n) is 3.19. The van der Waals surface area contributed by atoms with Crippen molar-refractivity contribution in [3.05, 3.63) is 29.8 Å². The van der Waals surface area contributed by atoms with Crippen LogP contribution in [-0.2, 0) is 19.6 Å². The monoisotopic (exact) mass is 352 g/mol. The number of carbonyl (C=O) groups is 2. The predicted octanol–water partition coefficient (Wildman–Crippen LogP) is 1.00. The third-order valence-electron chi connectivity index (χ3n) is 4.31. The Morgan fingerprint density at radius 3 is 2.46 bits per heavy atom. The van der Waals surface area contributed by atoms with Crippen molar-refractivity contribution in [3.63, 3.8) is 0 Å². The molecular formula is C16H20N2O5S. The molecule has 0 N–H and O–H groups in total. The van der Waals surface area contributed by atoms with E-state index < -0.39 is 15.9 Å². The fraction of sp³-hybridized carbons (Fsp3) is 0.500. The summed E-state index contributed by atoms with van der Waals surface area (Å²) >= 11 is 0. The molecule has 0 bridgehead atoms. The number of sulfonamides is 1. The Bertz CT molecular complexity index is 766. The van der Waals surface area contributed by atoms with Crippen molar-refractivity contribution in [3.8, 4) is 0 Å². The Kier molecular flexibility index (Phi) is 4.35. The first-order chi connectivity index (χ1) is 11.3. The number of rotatable bonds is 2. The molecule has 2 heterocycles. The van der Waals surface area contributed by atoms with Crippen LogP contribution in [0.2, 0.25) is 0 Å². The lowest BCUT2D eigenvalue weighted by molar-refractivity contribution is -0.116. The number of hydrogen-bond donors (Lipinski definition) is 0. The number of ether oxygens (including phenoxy) is 1. The highest BCUT2D eigenvalue weighted by Gasteiger charge is 2.37. The standard InChI is InChI=1S/C16H20N2O5S/c1-11-9-23-10-12(2)17(11)16(20)13-4-3-5-14(8-13)18-15(19)6-7-24(18,21)22/h3-5,8,11-12H,6-7,9-10H2,1-2H3. The van der Waals surface area contributed by atoms with E-state index in [1.165, 1.54) is 12.1 Å². The largest absolute Gasteiger partial charge is 0.377 e. The van der Waals surface area contributed by atoms with E-state index in [4.69, 9.17) is 4.74 Å². The zero-order valence-electron chi connectivity index (χ0n) is 13.6. The van der Waals surface area contributed by atoms with Gasteiger partial charge in [0, 0.05) is 12.0 Å². The number of anilines is 1. The topological polar surface area (TPSA) is 84.0 Å². The molecule has 0 aromatic heterocycles. The van der Waals surface area contributed by atoms with E-state index in [0.29, 0.717) is 18.8 Å². The summed E-state index contributed by atoms with van der Waals surface area (Å²) < 4.78 is 30.3. The molecular weight excluding hydrogens is 332 g/mol. The van der Waals surface area contributed by atoms with Crippen LogP contribution in [-0.4, -0.2) is 56.2 Å². The Morgan fingerprint density at radius 2 is 1.88 bits per heavy atom. The third kappa shape index (κ3) is 2.91. The van der Waals surface area contributed by atoms with E-state index in [0.717, 1.165) is 4.31 Å². The lowest BCUT2D eigenvalue weighted by atomic mass is 10.1. The van der Waals surface area contributed by atoms with Gasteiger partial charge >= 0.3 is 0 Å². The second kappa shape index (κ2) is 6.18. The van der Waals surface area contributed by atoms with Crippen molar-refractivity contribution >= 4 is 27.5 Å². The zero-order chi connectivity index (χ0) is 17.5. The van der Waals surface area contributed by atoms with Crippen molar-refractivity contribution in [2.45, 2.75) is 32.4 Å². The van der Waals surface area contributed by atoms with Gasteiger partial charge in [0.25, 0.3) is 5.91 Å². The molecule has 2 fully saturated rings. The number of nitrogens with zero attached hydrogens (tertiary/aromatic N) is 2. The molecule has 2 aliphatic rings. The molecule has 2 saturated heterocycles. The molecule has 2 atom stereocenters. The summed E-state index contributed by atoms with van der Waals surface area (Å²) in [6.45, 7) is 4.75. The molecule has 1 aromatic rings. The quantitative estimate of drug-likeness (QED) is 0.793. The van der Waals surface area contributed by atoms with Gasteiger partial charge in [-0.3, -0.25) is 9.59 Å². The van der Waals surface area contributed by atoms with Crippen molar-refractivity contribution in [2.24, 2.45) is 0 Å². The van der Waals surface area contributed by atoms with Crippen molar-refractivity contribution in [2.75, 3.05) is 23.3 Å². The summed E-state index contributed by atoms with van der Waals surface area (Å²) in [6, 6.07) is 6.10. The fourth-order valence-corrected chi connectivity index (χ4v) is 4.64. The van der Waals surface area contributed by atoms with Gasteiger partial charge in [0.1, 0.15) is 0 Å². The molecule has 2 amide bonds. The van der Waals surface area contributed by atoms with Crippen LogP contribution in [0, 0.1) is 0 Å². The Morgan fingerprint density at radius 1 is 1.21 bits per heavy atom. The Labute approximate surface area is 141 Å². The number of benzene rings is 1.